The van der Waals surface area contributed by atoms with Crippen LogP contribution in [0.25, 0.3) is 21.9 Å². The van der Waals surface area contributed by atoms with E-state index in [1.807, 2.05) is 30.3 Å². The first-order valence-corrected chi connectivity index (χ1v) is 6.20. The van der Waals surface area contributed by atoms with E-state index in [2.05, 4.69) is 24.3 Å². The first-order chi connectivity index (χ1) is 8.83. The van der Waals surface area contributed by atoms with Crippen molar-refractivity contribution in [3.05, 3.63) is 59.6 Å². The lowest BCUT2D eigenvalue weighted by atomic mass is 9.95. The zero-order valence-electron chi connectivity index (χ0n) is 9.48. The molecule has 0 radical (unpaired) electrons. The first kappa shape index (κ1) is 9.98. The Morgan fingerprint density at radius 3 is 2.50 bits per heavy atom. The van der Waals surface area contributed by atoms with Crippen molar-refractivity contribution < 1.29 is 4.74 Å². The van der Waals surface area contributed by atoms with Gasteiger partial charge in [0, 0.05) is 22.0 Å². The summed E-state index contributed by atoms with van der Waals surface area (Å²) in [5, 5.41) is 3.07. The average Bonchev–Trinajstić information content (AvgIpc) is 2.39. The largest absolute Gasteiger partial charge is 0.456 e. The summed E-state index contributed by atoms with van der Waals surface area (Å²) in [6, 6.07) is 18.2. The van der Waals surface area contributed by atoms with Gasteiger partial charge in [0.15, 0.2) is 0 Å². The van der Waals surface area contributed by atoms with Crippen molar-refractivity contribution in [3.63, 3.8) is 0 Å². The minimum Gasteiger partial charge on any atom is -0.456 e. The second-order valence-electron chi connectivity index (χ2n) is 4.40. The van der Waals surface area contributed by atoms with Crippen molar-refractivity contribution in [2.45, 2.75) is 0 Å². The first-order valence-electron chi connectivity index (χ1n) is 5.82. The fourth-order valence-corrected chi connectivity index (χ4v) is 2.70. The van der Waals surface area contributed by atoms with Gasteiger partial charge in [-0.2, -0.15) is 0 Å². The third-order valence-electron chi connectivity index (χ3n) is 3.32. The maximum absolute atomic E-state index is 6.03. The molecule has 1 nitrogen and oxygen atoms in total. The Kier molecular flexibility index (Phi) is 1.94. The fourth-order valence-electron chi connectivity index (χ4n) is 2.54. The zero-order valence-corrected chi connectivity index (χ0v) is 10.2. The molecule has 0 N–H and O–H groups in total. The van der Waals surface area contributed by atoms with E-state index >= 15 is 0 Å². The molecule has 86 valence electrons. The number of rotatable bonds is 0. The topological polar surface area (TPSA) is 9.23 Å². The molecule has 1 aliphatic heterocycles. The summed E-state index contributed by atoms with van der Waals surface area (Å²) in [7, 11) is 0. The molecule has 0 aliphatic carbocycles. The molecular formula is C16H9ClO. The highest BCUT2D eigenvalue weighted by molar-refractivity contribution is 6.31. The van der Waals surface area contributed by atoms with E-state index in [1.54, 1.807) is 0 Å². The van der Waals surface area contributed by atoms with Crippen LogP contribution in [0.4, 0.5) is 0 Å². The van der Waals surface area contributed by atoms with Gasteiger partial charge in [-0.05, 0) is 29.1 Å². The molecule has 3 aromatic rings. The van der Waals surface area contributed by atoms with Gasteiger partial charge in [0.2, 0.25) is 0 Å². The quantitative estimate of drug-likeness (QED) is 0.414. The summed E-state index contributed by atoms with van der Waals surface area (Å²) >= 11 is 6.03. The normalized spacial score (nSPS) is 12.1. The monoisotopic (exact) mass is 252 g/mol. The number of hydrogen-bond donors (Lipinski definition) is 0. The molecule has 4 rings (SSSR count). The van der Waals surface area contributed by atoms with Gasteiger partial charge in [-0.1, -0.05) is 41.9 Å². The molecule has 0 spiro atoms. The second-order valence-corrected chi connectivity index (χ2v) is 4.84. The molecule has 1 aliphatic rings. The van der Waals surface area contributed by atoms with Crippen molar-refractivity contribution in [3.8, 4) is 22.6 Å². The molecule has 0 unspecified atom stereocenters. The Hall–Kier alpha value is -1.99. The van der Waals surface area contributed by atoms with E-state index in [0.717, 1.165) is 17.1 Å². The highest BCUT2D eigenvalue weighted by Crippen LogP contribution is 2.46. The number of halogens is 1. The second kappa shape index (κ2) is 3.50. The average molecular weight is 253 g/mol. The Labute approximate surface area is 110 Å². The van der Waals surface area contributed by atoms with Crippen LogP contribution >= 0.6 is 11.6 Å². The minimum atomic E-state index is 0.695. The van der Waals surface area contributed by atoms with Crippen molar-refractivity contribution in [1.29, 1.82) is 0 Å². The summed E-state index contributed by atoms with van der Waals surface area (Å²) in [5.74, 6) is 1.73. The number of fused-ring (bicyclic) bond motifs is 2. The third kappa shape index (κ3) is 1.28. The van der Waals surface area contributed by atoms with E-state index in [4.69, 9.17) is 16.3 Å². The lowest BCUT2D eigenvalue weighted by molar-refractivity contribution is 0.487. The Bertz CT molecular complexity index is 772. The molecule has 0 fully saturated rings. The van der Waals surface area contributed by atoms with E-state index in [0.29, 0.717) is 5.02 Å². The van der Waals surface area contributed by atoms with Gasteiger partial charge in [-0.3, -0.25) is 0 Å². The van der Waals surface area contributed by atoms with Gasteiger partial charge in [-0.15, -0.1) is 0 Å². The summed E-state index contributed by atoms with van der Waals surface area (Å²) in [5.41, 5.74) is 2.31. The van der Waals surface area contributed by atoms with E-state index in [1.165, 1.54) is 16.3 Å². The van der Waals surface area contributed by atoms with Gasteiger partial charge in [0.1, 0.15) is 11.5 Å². The lowest BCUT2D eigenvalue weighted by Gasteiger charge is -2.21. The molecule has 18 heavy (non-hydrogen) atoms. The number of hydrogen-bond acceptors (Lipinski definition) is 1. The summed E-state index contributed by atoms with van der Waals surface area (Å²) in [4.78, 5) is 0. The van der Waals surface area contributed by atoms with E-state index in [-0.39, 0.29) is 0 Å². The van der Waals surface area contributed by atoms with Crippen LogP contribution in [0.3, 0.4) is 0 Å². The van der Waals surface area contributed by atoms with Gasteiger partial charge in [0.05, 0.1) is 0 Å². The minimum absolute atomic E-state index is 0.695. The van der Waals surface area contributed by atoms with Crippen LogP contribution in [0.1, 0.15) is 0 Å². The molecular weight excluding hydrogens is 244 g/mol. The van der Waals surface area contributed by atoms with Gasteiger partial charge < -0.3 is 4.74 Å². The summed E-state index contributed by atoms with van der Waals surface area (Å²) in [6.07, 6.45) is 0. The van der Waals surface area contributed by atoms with E-state index < -0.39 is 0 Å². The summed E-state index contributed by atoms with van der Waals surface area (Å²) in [6.45, 7) is 0. The summed E-state index contributed by atoms with van der Waals surface area (Å²) < 4.78 is 5.95. The van der Waals surface area contributed by atoms with Crippen molar-refractivity contribution in [2.75, 3.05) is 0 Å². The fraction of sp³-hybridized carbons (Fsp3) is 0. The third-order valence-corrected chi connectivity index (χ3v) is 3.56. The van der Waals surface area contributed by atoms with Gasteiger partial charge >= 0.3 is 0 Å². The van der Waals surface area contributed by atoms with Gasteiger partial charge in [-0.25, -0.2) is 0 Å². The van der Waals surface area contributed by atoms with Crippen molar-refractivity contribution in [2.24, 2.45) is 0 Å². The lowest BCUT2D eigenvalue weighted by Crippen LogP contribution is -1.96. The van der Waals surface area contributed by atoms with Crippen LogP contribution in [0, 0.1) is 0 Å². The number of benzene rings is 3. The predicted molar refractivity (Wildman–Crippen MR) is 74.5 cm³/mol. The standard InChI is InChI=1S/C16H9ClO/c17-11-7-8-12-13-5-1-3-10-4-2-6-14(16(10)13)18-15(12)9-11/h1-9H. The molecule has 0 saturated heterocycles. The maximum atomic E-state index is 6.03. The molecule has 0 aromatic heterocycles. The molecule has 0 amide bonds. The van der Waals surface area contributed by atoms with Crippen LogP contribution in [0.15, 0.2) is 54.6 Å². The number of ether oxygens (including phenoxy) is 1. The maximum Gasteiger partial charge on any atom is 0.136 e. The predicted octanol–water partition coefficient (Wildman–Crippen LogP) is 5.27. The van der Waals surface area contributed by atoms with Crippen LogP contribution in [0.5, 0.6) is 11.5 Å². The Morgan fingerprint density at radius 1 is 0.778 bits per heavy atom. The molecule has 1 heterocycles. The van der Waals surface area contributed by atoms with Crippen LogP contribution < -0.4 is 4.74 Å². The smallest absolute Gasteiger partial charge is 0.136 e. The Morgan fingerprint density at radius 2 is 1.61 bits per heavy atom. The van der Waals surface area contributed by atoms with Crippen LogP contribution in [-0.2, 0) is 0 Å². The zero-order chi connectivity index (χ0) is 12.1. The van der Waals surface area contributed by atoms with E-state index in [9.17, 15) is 0 Å². The molecule has 2 heteroatoms. The molecule has 0 bridgehead atoms. The molecule has 0 atom stereocenters. The SMILES string of the molecule is Clc1ccc2c(c1)Oc1cccc3cccc-2c13. The van der Waals surface area contributed by atoms with Crippen molar-refractivity contribution >= 4 is 22.4 Å². The van der Waals surface area contributed by atoms with Crippen LogP contribution in [-0.4, -0.2) is 0 Å². The molecule has 0 saturated carbocycles. The van der Waals surface area contributed by atoms with Gasteiger partial charge in [0.25, 0.3) is 0 Å². The Balaban J connectivity index is 2.17. The van der Waals surface area contributed by atoms with Crippen molar-refractivity contribution in [1.82, 2.24) is 0 Å². The van der Waals surface area contributed by atoms with Crippen LogP contribution in [0.2, 0.25) is 5.02 Å². The highest BCUT2D eigenvalue weighted by Gasteiger charge is 2.19. The highest BCUT2D eigenvalue weighted by atomic mass is 35.5. The molecule has 3 aromatic carbocycles.